The minimum absolute atomic E-state index is 0.117. The molecule has 1 aromatic carbocycles. The van der Waals surface area contributed by atoms with Gasteiger partial charge in [0.1, 0.15) is 16.9 Å². The number of aromatic amines is 1. The molecule has 216 valence electrons. The van der Waals surface area contributed by atoms with Crippen molar-refractivity contribution in [2.24, 2.45) is 13.0 Å². The molecule has 1 unspecified atom stereocenters. The quantitative estimate of drug-likeness (QED) is 0.290. The fourth-order valence-electron chi connectivity index (χ4n) is 6.97. The first-order valence-corrected chi connectivity index (χ1v) is 13.8. The Balaban J connectivity index is 1.58. The van der Waals surface area contributed by atoms with Crippen LogP contribution in [0.5, 0.6) is 5.75 Å². The second kappa shape index (κ2) is 9.41. The molecule has 12 heteroatoms. The number of carboxylic acids is 1. The van der Waals surface area contributed by atoms with Gasteiger partial charge in [-0.25, -0.2) is 19.2 Å². The van der Waals surface area contributed by atoms with Crippen molar-refractivity contribution in [1.29, 1.82) is 0 Å². The maximum atomic E-state index is 15.4. The number of H-pyrrole nitrogens is 1. The van der Waals surface area contributed by atoms with Gasteiger partial charge in [-0.15, -0.1) is 0 Å². The Bertz CT molecular complexity index is 2000. The van der Waals surface area contributed by atoms with Crippen LogP contribution in [0.2, 0.25) is 0 Å². The number of aromatic carboxylic acids is 1. The first kappa shape index (κ1) is 26.2. The molecule has 0 bridgehead atoms. The van der Waals surface area contributed by atoms with Gasteiger partial charge >= 0.3 is 5.97 Å². The maximum absolute atomic E-state index is 15.4. The highest BCUT2D eigenvalue weighted by Gasteiger charge is 2.42. The number of halogens is 1. The highest BCUT2D eigenvalue weighted by molar-refractivity contribution is 6.20. The van der Waals surface area contributed by atoms with Gasteiger partial charge in [-0.1, -0.05) is 0 Å². The van der Waals surface area contributed by atoms with E-state index in [1.807, 2.05) is 0 Å². The second-order valence-electron chi connectivity index (χ2n) is 11.2. The largest absolute Gasteiger partial charge is 0.493 e. The van der Waals surface area contributed by atoms with E-state index in [9.17, 15) is 14.7 Å². The predicted molar refractivity (Wildman–Crippen MR) is 159 cm³/mol. The summed E-state index contributed by atoms with van der Waals surface area (Å²) in [4.78, 5) is 42.5. The van der Waals surface area contributed by atoms with Gasteiger partial charge in [-0.3, -0.25) is 4.79 Å². The molecular weight excluding hydrogens is 541 g/mol. The zero-order valence-electron chi connectivity index (χ0n) is 23.7. The van der Waals surface area contributed by atoms with E-state index in [1.165, 1.54) is 19.4 Å². The third-order valence-corrected chi connectivity index (χ3v) is 8.82. The van der Waals surface area contributed by atoms with Crippen LogP contribution in [-0.2, 0) is 7.05 Å². The molecule has 7 rings (SSSR count). The van der Waals surface area contributed by atoms with Crippen LogP contribution in [0.1, 0.15) is 16.8 Å². The zero-order chi connectivity index (χ0) is 29.4. The fraction of sp³-hybridized carbons (Fsp3) is 0.333. The summed E-state index contributed by atoms with van der Waals surface area (Å²) < 4.78 is 22.6. The molecule has 3 N–H and O–H groups in total. The van der Waals surface area contributed by atoms with E-state index < -0.39 is 17.2 Å². The van der Waals surface area contributed by atoms with Crippen molar-refractivity contribution in [3.05, 3.63) is 52.3 Å². The van der Waals surface area contributed by atoms with Gasteiger partial charge in [0.25, 0.3) is 0 Å². The molecule has 0 amide bonds. The first-order valence-electron chi connectivity index (χ1n) is 13.8. The van der Waals surface area contributed by atoms with Gasteiger partial charge in [0.05, 0.1) is 40.2 Å². The van der Waals surface area contributed by atoms with Crippen LogP contribution in [-0.4, -0.2) is 82.4 Å². The first-order chi connectivity index (χ1) is 20.2. The molecule has 0 saturated carbocycles. The minimum atomic E-state index is -1.30. The van der Waals surface area contributed by atoms with Crippen molar-refractivity contribution in [2.45, 2.75) is 12.5 Å². The SMILES string of the molecule is CNc1cc(F)c(OC)c2c1[nH]c1ncc(-c3cnc4c(c3)c(=O)c(C(=O)O)cn4C)c(N3CCC4CN(C)C[C@H]43)c12. The molecule has 2 atom stereocenters. The minimum Gasteiger partial charge on any atom is -0.493 e. The van der Waals surface area contributed by atoms with Gasteiger partial charge in [-0.2, -0.15) is 0 Å². The molecule has 0 radical (unpaired) electrons. The molecule has 0 aliphatic carbocycles. The number of aryl methyl sites for hydroxylation is 1. The van der Waals surface area contributed by atoms with E-state index in [0.717, 1.165) is 37.1 Å². The number of rotatable bonds is 5. The van der Waals surface area contributed by atoms with Crippen molar-refractivity contribution in [1.82, 2.24) is 24.4 Å². The number of anilines is 2. The van der Waals surface area contributed by atoms with Crippen molar-refractivity contribution in [3.8, 4) is 16.9 Å². The molecule has 42 heavy (non-hydrogen) atoms. The van der Waals surface area contributed by atoms with Gasteiger partial charge in [0.15, 0.2) is 11.6 Å². The van der Waals surface area contributed by atoms with Gasteiger partial charge < -0.3 is 34.5 Å². The van der Waals surface area contributed by atoms with Gasteiger partial charge in [0, 0.05) is 75.6 Å². The van der Waals surface area contributed by atoms with E-state index in [0.29, 0.717) is 44.9 Å². The summed E-state index contributed by atoms with van der Waals surface area (Å²) in [7, 11) is 6.96. The van der Waals surface area contributed by atoms with Crippen molar-refractivity contribution >= 4 is 50.3 Å². The maximum Gasteiger partial charge on any atom is 0.341 e. The molecule has 2 aliphatic heterocycles. The lowest BCUT2D eigenvalue weighted by Gasteiger charge is -2.29. The van der Waals surface area contributed by atoms with Crippen LogP contribution >= 0.6 is 0 Å². The van der Waals surface area contributed by atoms with Crippen molar-refractivity contribution in [3.63, 3.8) is 0 Å². The Hall–Kier alpha value is -4.71. The number of likely N-dealkylation sites (N-methyl/N-ethyl adjacent to an activating group) is 1. The normalized spacial score (nSPS) is 18.8. The second-order valence-corrected chi connectivity index (χ2v) is 11.2. The summed E-state index contributed by atoms with van der Waals surface area (Å²) in [6.45, 7) is 2.67. The van der Waals surface area contributed by atoms with E-state index in [4.69, 9.17) is 9.72 Å². The number of nitrogens with one attached hydrogen (secondary N) is 2. The number of hydrogen-bond donors (Lipinski definition) is 3. The van der Waals surface area contributed by atoms with E-state index in [2.05, 4.69) is 32.1 Å². The Morgan fingerprint density at radius 2 is 2.00 bits per heavy atom. The highest BCUT2D eigenvalue weighted by Crippen LogP contribution is 2.48. The summed E-state index contributed by atoms with van der Waals surface area (Å²) in [6.07, 6.45) is 5.71. The number of aromatic nitrogens is 4. The average molecular weight is 572 g/mol. The monoisotopic (exact) mass is 571 g/mol. The number of carbonyl (C=O) groups is 1. The third-order valence-electron chi connectivity index (χ3n) is 8.82. The molecule has 4 aromatic heterocycles. The fourth-order valence-corrected chi connectivity index (χ4v) is 6.97. The average Bonchev–Trinajstić information content (AvgIpc) is 3.66. The number of hydrogen-bond acceptors (Lipinski definition) is 8. The number of carboxylic acid groups (broad SMARTS) is 1. The number of methoxy groups -OCH3 is 1. The summed E-state index contributed by atoms with van der Waals surface area (Å²) in [6, 6.07) is 3.31. The Morgan fingerprint density at radius 3 is 2.74 bits per heavy atom. The molecule has 0 spiro atoms. The number of pyridine rings is 3. The molecule has 2 fully saturated rings. The van der Waals surface area contributed by atoms with Crippen LogP contribution in [0.25, 0.3) is 44.1 Å². The molecule has 2 saturated heterocycles. The van der Waals surface area contributed by atoms with Crippen LogP contribution in [0.15, 0.2) is 35.5 Å². The van der Waals surface area contributed by atoms with Crippen molar-refractivity contribution < 1.29 is 19.0 Å². The number of ether oxygens (including phenoxy) is 1. The Morgan fingerprint density at radius 1 is 1.19 bits per heavy atom. The number of benzene rings is 1. The predicted octanol–water partition coefficient (Wildman–Crippen LogP) is 3.66. The van der Waals surface area contributed by atoms with Crippen LogP contribution in [0.4, 0.5) is 15.8 Å². The summed E-state index contributed by atoms with van der Waals surface area (Å²) in [5.41, 5.74) is 3.45. The smallest absolute Gasteiger partial charge is 0.341 e. The van der Waals surface area contributed by atoms with E-state index >= 15 is 4.39 Å². The van der Waals surface area contributed by atoms with Crippen LogP contribution < -0.4 is 20.4 Å². The number of likely N-dealkylation sites (tertiary alicyclic amines) is 1. The lowest BCUT2D eigenvalue weighted by atomic mass is 9.99. The highest BCUT2D eigenvalue weighted by atomic mass is 19.1. The standard InChI is InChI=1S/C30H30FN7O4/c1-32-20-8-19(31)27(42-4)22-23-25(38-6-5-14-11-36(2)13-21(14)38)17(10-33-28(23)35-24(20)22)15-7-16-26(39)18(30(40)41)12-37(3)29(16)34-9-15/h7-10,12,14,21,32H,5-6,11,13H2,1-4H3,(H,33,35)(H,40,41)/t14?,21-/m1/s1. The lowest BCUT2D eigenvalue weighted by molar-refractivity contribution is 0.0695. The zero-order valence-corrected chi connectivity index (χ0v) is 23.7. The molecule has 11 nitrogen and oxygen atoms in total. The third kappa shape index (κ3) is 3.67. The summed E-state index contributed by atoms with van der Waals surface area (Å²) in [5, 5.41) is 14.2. The Kier molecular flexibility index (Phi) is 5.87. The van der Waals surface area contributed by atoms with Crippen LogP contribution in [0, 0.1) is 11.7 Å². The molecule has 6 heterocycles. The topological polar surface area (TPSA) is 129 Å². The Labute approximate surface area is 239 Å². The number of nitrogens with zero attached hydrogens (tertiary/aromatic N) is 5. The van der Waals surface area contributed by atoms with Crippen LogP contribution in [0.3, 0.4) is 0 Å². The molecule has 2 aliphatic rings. The number of fused-ring (bicyclic) bond motifs is 5. The van der Waals surface area contributed by atoms with E-state index in [-0.39, 0.29) is 22.7 Å². The van der Waals surface area contributed by atoms with Crippen molar-refractivity contribution in [2.75, 3.05) is 51.1 Å². The van der Waals surface area contributed by atoms with Gasteiger partial charge in [-0.05, 0) is 25.5 Å². The molecular formula is C30H30FN7O4. The van der Waals surface area contributed by atoms with Gasteiger partial charge in [0.2, 0.25) is 5.43 Å². The molecule has 5 aromatic rings. The summed E-state index contributed by atoms with van der Waals surface area (Å²) >= 11 is 0. The van der Waals surface area contributed by atoms with E-state index in [1.54, 1.807) is 37.1 Å². The summed E-state index contributed by atoms with van der Waals surface area (Å²) in [5.74, 6) is -1.20. The lowest BCUT2D eigenvalue weighted by Crippen LogP contribution is -2.35.